The first-order valence-electron chi connectivity index (χ1n) is 9.49. The molecule has 6 heteroatoms. The van der Waals surface area contributed by atoms with Crippen LogP contribution in [0.15, 0.2) is 24.3 Å². The molecule has 0 saturated carbocycles. The lowest BCUT2D eigenvalue weighted by atomic mass is 9.95. The van der Waals surface area contributed by atoms with Crippen molar-refractivity contribution < 1.29 is 14.3 Å². The monoisotopic (exact) mass is 359 g/mol. The van der Waals surface area contributed by atoms with Crippen LogP contribution in [0.3, 0.4) is 0 Å². The number of piperidine rings is 1. The number of hydrogen-bond donors (Lipinski definition) is 1. The minimum atomic E-state index is -1.03. The predicted molar refractivity (Wildman–Crippen MR) is 99.6 cm³/mol. The van der Waals surface area contributed by atoms with Gasteiger partial charge in [0.2, 0.25) is 5.91 Å². The Labute approximate surface area is 155 Å². The van der Waals surface area contributed by atoms with Crippen LogP contribution < -0.4 is 5.73 Å². The number of primary amides is 1. The molecule has 26 heavy (non-hydrogen) atoms. The molecule has 2 amide bonds. The van der Waals surface area contributed by atoms with Crippen molar-refractivity contribution in [1.29, 1.82) is 0 Å². The van der Waals surface area contributed by atoms with Crippen LogP contribution in [-0.4, -0.2) is 60.5 Å². The lowest BCUT2D eigenvalue weighted by molar-refractivity contribution is -0.130. The highest BCUT2D eigenvalue weighted by molar-refractivity contribution is 5.99. The van der Waals surface area contributed by atoms with E-state index in [1.807, 2.05) is 18.2 Å². The zero-order valence-electron chi connectivity index (χ0n) is 15.6. The van der Waals surface area contributed by atoms with Gasteiger partial charge in [0.15, 0.2) is 0 Å². The van der Waals surface area contributed by atoms with Gasteiger partial charge in [0.25, 0.3) is 5.91 Å². The van der Waals surface area contributed by atoms with Crippen molar-refractivity contribution in [2.24, 2.45) is 5.73 Å². The summed E-state index contributed by atoms with van der Waals surface area (Å²) >= 11 is 0. The normalized spacial score (nSPS) is 24.0. The largest absolute Gasteiger partial charge is 0.382 e. The first kappa shape index (κ1) is 18.9. The zero-order chi connectivity index (χ0) is 18.6. The van der Waals surface area contributed by atoms with Gasteiger partial charge in [-0.15, -0.1) is 0 Å². The van der Waals surface area contributed by atoms with Crippen molar-refractivity contribution in [1.82, 2.24) is 9.80 Å². The third-order valence-electron chi connectivity index (χ3n) is 5.60. The fourth-order valence-electron chi connectivity index (χ4n) is 4.22. The highest BCUT2D eigenvalue weighted by Crippen LogP contribution is 2.31. The van der Waals surface area contributed by atoms with Crippen LogP contribution in [0.2, 0.25) is 0 Å². The molecule has 0 aliphatic carbocycles. The van der Waals surface area contributed by atoms with Gasteiger partial charge in [0.1, 0.15) is 5.54 Å². The van der Waals surface area contributed by atoms with Crippen molar-refractivity contribution in [2.45, 2.75) is 44.2 Å². The first-order chi connectivity index (χ1) is 12.6. The highest BCUT2D eigenvalue weighted by Gasteiger charge is 2.48. The molecule has 142 valence electrons. The number of ether oxygens (including phenoxy) is 1. The van der Waals surface area contributed by atoms with Crippen molar-refractivity contribution in [3.05, 3.63) is 35.4 Å². The summed E-state index contributed by atoms with van der Waals surface area (Å²) in [6, 6.07) is 7.75. The molecule has 2 heterocycles. The lowest BCUT2D eigenvalue weighted by Gasteiger charge is -2.35. The Kier molecular flexibility index (Phi) is 5.94. The SMILES string of the molecule is COCC1(C(N)=O)CCCN1C(=O)c1cccc(CN2CCCCC2)c1. The summed E-state index contributed by atoms with van der Waals surface area (Å²) in [5.41, 5.74) is 6.37. The number of nitrogens with zero attached hydrogens (tertiary/aromatic N) is 2. The summed E-state index contributed by atoms with van der Waals surface area (Å²) in [6.07, 6.45) is 5.09. The molecule has 2 aliphatic heterocycles. The standard InChI is InChI=1S/C20H29N3O3/c1-26-15-20(19(21)25)9-6-12-23(20)18(24)17-8-5-7-16(13-17)14-22-10-3-2-4-11-22/h5,7-8,13H,2-4,6,9-12,14-15H2,1H3,(H2,21,25). The molecule has 1 aromatic rings. The van der Waals surface area contributed by atoms with E-state index in [4.69, 9.17) is 10.5 Å². The van der Waals surface area contributed by atoms with Gasteiger partial charge in [-0.2, -0.15) is 0 Å². The van der Waals surface area contributed by atoms with E-state index < -0.39 is 11.4 Å². The molecule has 2 fully saturated rings. The maximum atomic E-state index is 13.1. The van der Waals surface area contributed by atoms with Crippen molar-refractivity contribution >= 4 is 11.8 Å². The molecule has 0 radical (unpaired) electrons. The number of benzene rings is 1. The molecule has 2 N–H and O–H groups in total. The molecule has 2 aliphatic rings. The highest BCUT2D eigenvalue weighted by atomic mass is 16.5. The summed E-state index contributed by atoms with van der Waals surface area (Å²) in [4.78, 5) is 29.3. The molecule has 2 saturated heterocycles. The second kappa shape index (κ2) is 8.18. The van der Waals surface area contributed by atoms with Crippen molar-refractivity contribution in [3.8, 4) is 0 Å². The minimum Gasteiger partial charge on any atom is -0.382 e. The molecule has 0 spiro atoms. The van der Waals surface area contributed by atoms with Crippen LogP contribution in [0, 0.1) is 0 Å². The zero-order valence-corrected chi connectivity index (χ0v) is 15.6. The Morgan fingerprint density at radius 1 is 1.15 bits per heavy atom. The molecule has 0 bridgehead atoms. The summed E-state index contributed by atoms with van der Waals surface area (Å²) in [6.45, 7) is 3.76. The molecular formula is C20H29N3O3. The molecule has 0 aromatic heterocycles. The van der Waals surface area contributed by atoms with Gasteiger partial charge in [-0.05, 0) is 56.5 Å². The maximum Gasteiger partial charge on any atom is 0.254 e. The Bertz CT molecular complexity index is 657. The summed E-state index contributed by atoms with van der Waals surface area (Å²) in [5.74, 6) is -0.631. The van der Waals surface area contributed by atoms with E-state index in [9.17, 15) is 9.59 Å². The van der Waals surface area contributed by atoms with Crippen LogP contribution in [-0.2, 0) is 16.1 Å². The number of rotatable bonds is 6. The van der Waals surface area contributed by atoms with Crippen LogP contribution in [0.25, 0.3) is 0 Å². The topological polar surface area (TPSA) is 75.9 Å². The number of carbonyl (C=O) groups is 2. The first-order valence-corrected chi connectivity index (χ1v) is 9.49. The van der Waals surface area contributed by atoms with E-state index in [1.165, 1.54) is 26.4 Å². The van der Waals surface area contributed by atoms with Crippen molar-refractivity contribution in [2.75, 3.05) is 33.4 Å². The molecule has 1 aromatic carbocycles. The molecule has 6 nitrogen and oxygen atoms in total. The van der Waals surface area contributed by atoms with Crippen LogP contribution in [0.4, 0.5) is 0 Å². The second-order valence-electron chi connectivity index (χ2n) is 7.43. The van der Waals surface area contributed by atoms with E-state index >= 15 is 0 Å². The van der Waals surface area contributed by atoms with Crippen LogP contribution >= 0.6 is 0 Å². The number of hydrogen-bond acceptors (Lipinski definition) is 4. The second-order valence-corrected chi connectivity index (χ2v) is 7.43. The van der Waals surface area contributed by atoms with Crippen LogP contribution in [0.5, 0.6) is 0 Å². The number of amides is 2. The maximum absolute atomic E-state index is 13.1. The van der Waals surface area contributed by atoms with Crippen molar-refractivity contribution in [3.63, 3.8) is 0 Å². The number of carbonyl (C=O) groups excluding carboxylic acids is 2. The molecule has 3 rings (SSSR count). The lowest BCUT2D eigenvalue weighted by Crippen LogP contribution is -2.58. The summed E-state index contributed by atoms with van der Waals surface area (Å²) < 4.78 is 5.23. The Hall–Kier alpha value is -1.92. The third kappa shape index (κ3) is 3.76. The van der Waals surface area contributed by atoms with E-state index in [1.54, 1.807) is 4.90 Å². The van der Waals surface area contributed by atoms with Gasteiger partial charge in [-0.1, -0.05) is 18.6 Å². The van der Waals surface area contributed by atoms with Gasteiger partial charge in [-0.25, -0.2) is 0 Å². The van der Waals surface area contributed by atoms with E-state index in [0.717, 1.165) is 31.6 Å². The Morgan fingerprint density at radius 2 is 1.92 bits per heavy atom. The van der Waals surface area contributed by atoms with E-state index in [0.29, 0.717) is 18.5 Å². The fourth-order valence-corrected chi connectivity index (χ4v) is 4.22. The van der Waals surface area contributed by atoms with E-state index in [-0.39, 0.29) is 12.5 Å². The average Bonchev–Trinajstić information content (AvgIpc) is 3.07. The van der Waals surface area contributed by atoms with Gasteiger partial charge in [-0.3, -0.25) is 14.5 Å². The average molecular weight is 359 g/mol. The molecule has 1 unspecified atom stereocenters. The number of likely N-dealkylation sites (tertiary alicyclic amines) is 2. The summed E-state index contributed by atoms with van der Waals surface area (Å²) in [5, 5.41) is 0. The predicted octanol–water partition coefficient (Wildman–Crippen LogP) is 1.78. The third-order valence-corrected chi connectivity index (χ3v) is 5.60. The summed E-state index contributed by atoms with van der Waals surface area (Å²) in [7, 11) is 1.53. The van der Waals surface area contributed by atoms with Crippen LogP contribution in [0.1, 0.15) is 48.0 Å². The quantitative estimate of drug-likeness (QED) is 0.840. The van der Waals surface area contributed by atoms with Gasteiger partial charge in [0.05, 0.1) is 6.61 Å². The van der Waals surface area contributed by atoms with Gasteiger partial charge < -0.3 is 15.4 Å². The smallest absolute Gasteiger partial charge is 0.254 e. The number of methoxy groups -OCH3 is 1. The Morgan fingerprint density at radius 3 is 2.62 bits per heavy atom. The molecular weight excluding hydrogens is 330 g/mol. The van der Waals surface area contributed by atoms with E-state index in [2.05, 4.69) is 11.0 Å². The molecule has 1 atom stereocenters. The fraction of sp³-hybridized carbons (Fsp3) is 0.600. The van der Waals surface area contributed by atoms with Gasteiger partial charge in [0, 0.05) is 25.8 Å². The minimum absolute atomic E-state index is 0.140. The Balaban J connectivity index is 1.78. The number of nitrogens with two attached hydrogens (primary N) is 1. The van der Waals surface area contributed by atoms with Gasteiger partial charge >= 0.3 is 0 Å².